The first-order chi connectivity index (χ1) is 13.1. The van der Waals surface area contributed by atoms with E-state index in [-0.39, 0.29) is 5.91 Å². The number of ether oxygens (including phenoxy) is 1. The molecule has 1 aliphatic heterocycles. The zero-order valence-electron chi connectivity index (χ0n) is 15.2. The smallest absolute Gasteiger partial charge is 0.267 e. The Morgan fingerprint density at radius 3 is 2.70 bits per heavy atom. The fourth-order valence-electron chi connectivity index (χ4n) is 2.89. The number of amides is 1. The molecule has 1 N–H and O–H groups in total. The first-order valence-corrected chi connectivity index (χ1v) is 10.4. The van der Waals surface area contributed by atoms with Crippen molar-refractivity contribution in [3.8, 4) is 11.3 Å². The number of thiazole rings is 1. The number of aryl methyl sites for hydroxylation is 2. The first-order valence-electron chi connectivity index (χ1n) is 8.75. The number of thiophene rings is 1. The number of aromatic nitrogens is 2. The van der Waals surface area contributed by atoms with Crippen molar-refractivity contribution in [3.05, 3.63) is 45.9 Å². The molecule has 27 heavy (non-hydrogen) atoms. The molecule has 0 aliphatic carbocycles. The van der Waals surface area contributed by atoms with Gasteiger partial charge in [0.05, 0.1) is 29.5 Å². The van der Waals surface area contributed by atoms with Crippen LogP contribution >= 0.6 is 22.7 Å². The molecule has 0 atom stereocenters. The molecule has 1 aliphatic rings. The highest BCUT2D eigenvalue weighted by Crippen LogP contribution is 2.39. The quantitative estimate of drug-likeness (QED) is 0.718. The van der Waals surface area contributed by atoms with Gasteiger partial charge in [-0.25, -0.2) is 4.98 Å². The van der Waals surface area contributed by atoms with Crippen LogP contribution in [-0.2, 0) is 4.74 Å². The maximum absolute atomic E-state index is 12.8. The van der Waals surface area contributed by atoms with Gasteiger partial charge in [-0.3, -0.25) is 15.1 Å². The molecular formula is C19H20N4O2S2. The van der Waals surface area contributed by atoms with E-state index in [1.54, 1.807) is 6.20 Å². The standard InChI is InChI=1S/C19H20N4O2S2/c1-12-13(2)26-19(21-12)22-17(24)16-11-14(15-5-3-4-6-20-15)18(27-16)23-7-9-25-10-8-23/h3-6,11H,7-10H2,1-2H3,(H,21,22,24). The fourth-order valence-corrected chi connectivity index (χ4v) is 4.81. The van der Waals surface area contributed by atoms with Gasteiger partial charge in [0.25, 0.3) is 5.91 Å². The van der Waals surface area contributed by atoms with E-state index in [0.717, 1.165) is 39.9 Å². The Morgan fingerprint density at radius 2 is 2.04 bits per heavy atom. The summed E-state index contributed by atoms with van der Waals surface area (Å²) in [5.74, 6) is -0.134. The average Bonchev–Trinajstić information content (AvgIpc) is 3.27. The molecule has 0 bridgehead atoms. The van der Waals surface area contributed by atoms with Gasteiger partial charge in [0.1, 0.15) is 5.00 Å². The molecule has 0 radical (unpaired) electrons. The molecule has 140 valence electrons. The number of nitrogens with one attached hydrogen (secondary N) is 1. The van der Waals surface area contributed by atoms with Crippen LogP contribution in [0.3, 0.4) is 0 Å². The number of nitrogens with zero attached hydrogens (tertiary/aromatic N) is 3. The maximum atomic E-state index is 12.8. The van der Waals surface area contributed by atoms with Crippen LogP contribution < -0.4 is 10.2 Å². The van der Waals surface area contributed by atoms with Crippen LogP contribution in [0.1, 0.15) is 20.2 Å². The van der Waals surface area contributed by atoms with Crippen molar-refractivity contribution < 1.29 is 9.53 Å². The van der Waals surface area contributed by atoms with Crippen LogP contribution in [0.5, 0.6) is 0 Å². The third kappa shape index (κ3) is 3.87. The molecule has 1 fully saturated rings. The Kier molecular flexibility index (Phi) is 5.20. The van der Waals surface area contributed by atoms with Crippen molar-refractivity contribution in [1.29, 1.82) is 0 Å². The van der Waals surface area contributed by atoms with Crippen LogP contribution in [0.2, 0.25) is 0 Å². The monoisotopic (exact) mass is 400 g/mol. The molecule has 3 aromatic rings. The third-order valence-electron chi connectivity index (χ3n) is 4.42. The van der Waals surface area contributed by atoms with E-state index < -0.39 is 0 Å². The lowest BCUT2D eigenvalue weighted by Crippen LogP contribution is -2.35. The molecular weight excluding hydrogens is 380 g/mol. The Hall–Kier alpha value is -2.29. The van der Waals surface area contributed by atoms with E-state index in [4.69, 9.17) is 4.74 Å². The van der Waals surface area contributed by atoms with Crippen molar-refractivity contribution in [2.75, 3.05) is 36.5 Å². The highest BCUT2D eigenvalue weighted by molar-refractivity contribution is 7.19. The second kappa shape index (κ2) is 7.75. The van der Waals surface area contributed by atoms with Crippen LogP contribution in [-0.4, -0.2) is 42.2 Å². The lowest BCUT2D eigenvalue weighted by atomic mass is 10.2. The Balaban J connectivity index is 1.66. The maximum Gasteiger partial charge on any atom is 0.267 e. The number of carbonyl (C=O) groups excluding carboxylic acids is 1. The van der Waals surface area contributed by atoms with Crippen LogP contribution in [0.25, 0.3) is 11.3 Å². The van der Waals surface area contributed by atoms with Crippen molar-refractivity contribution in [2.45, 2.75) is 13.8 Å². The van der Waals surface area contributed by atoms with E-state index in [2.05, 4.69) is 20.2 Å². The molecule has 3 aromatic heterocycles. The first kappa shape index (κ1) is 18.1. The minimum Gasteiger partial charge on any atom is -0.378 e. The summed E-state index contributed by atoms with van der Waals surface area (Å²) < 4.78 is 5.47. The predicted octanol–water partition coefficient (Wildman–Crippen LogP) is 3.97. The summed E-state index contributed by atoms with van der Waals surface area (Å²) in [4.78, 5) is 25.7. The summed E-state index contributed by atoms with van der Waals surface area (Å²) in [6, 6.07) is 7.76. The summed E-state index contributed by atoms with van der Waals surface area (Å²) in [5, 5.41) is 4.63. The van der Waals surface area contributed by atoms with E-state index in [1.807, 2.05) is 38.1 Å². The Bertz CT molecular complexity index is 927. The van der Waals surface area contributed by atoms with Gasteiger partial charge in [0.15, 0.2) is 5.13 Å². The number of hydrogen-bond donors (Lipinski definition) is 1. The molecule has 1 saturated heterocycles. The number of rotatable bonds is 4. The second-order valence-electron chi connectivity index (χ2n) is 6.26. The molecule has 0 aromatic carbocycles. The van der Waals surface area contributed by atoms with Crippen LogP contribution in [0, 0.1) is 13.8 Å². The van der Waals surface area contributed by atoms with Gasteiger partial charge in [-0.15, -0.1) is 22.7 Å². The van der Waals surface area contributed by atoms with Gasteiger partial charge in [0.2, 0.25) is 0 Å². The van der Waals surface area contributed by atoms with Crippen molar-refractivity contribution in [1.82, 2.24) is 9.97 Å². The van der Waals surface area contributed by atoms with Crippen LogP contribution in [0.15, 0.2) is 30.5 Å². The molecule has 0 unspecified atom stereocenters. The van der Waals surface area contributed by atoms with Crippen molar-refractivity contribution >= 4 is 38.7 Å². The largest absolute Gasteiger partial charge is 0.378 e. The minimum atomic E-state index is -0.134. The zero-order valence-corrected chi connectivity index (χ0v) is 16.8. The number of pyridine rings is 1. The second-order valence-corrected chi connectivity index (χ2v) is 8.49. The van der Waals surface area contributed by atoms with E-state index in [9.17, 15) is 4.79 Å². The number of hydrogen-bond acceptors (Lipinski definition) is 7. The molecule has 1 amide bonds. The fraction of sp³-hybridized carbons (Fsp3) is 0.316. The van der Waals surface area contributed by atoms with Gasteiger partial charge < -0.3 is 9.64 Å². The molecule has 6 nitrogen and oxygen atoms in total. The average molecular weight is 401 g/mol. The lowest BCUT2D eigenvalue weighted by Gasteiger charge is -2.28. The van der Waals surface area contributed by atoms with Gasteiger partial charge in [-0.2, -0.15) is 0 Å². The van der Waals surface area contributed by atoms with E-state index >= 15 is 0 Å². The number of anilines is 2. The van der Waals surface area contributed by atoms with Crippen LogP contribution in [0.4, 0.5) is 10.1 Å². The van der Waals surface area contributed by atoms with Crippen molar-refractivity contribution in [3.63, 3.8) is 0 Å². The normalized spacial score (nSPS) is 14.4. The SMILES string of the molecule is Cc1nc(NC(=O)c2cc(-c3ccccn3)c(N3CCOCC3)s2)sc1C. The third-order valence-corrected chi connectivity index (χ3v) is 6.61. The summed E-state index contributed by atoms with van der Waals surface area (Å²) in [7, 11) is 0. The van der Waals surface area contributed by atoms with Crippen molar-refractivity contribution in [2.24, 2.45) is 0 Å². The highest BCUT2D eigenvalue weighted by atomic mass is 32.1. The van der Waals surface area contributed by atoms with E-state index in [0.29, 0.717) is 23.2 Å². The van der Waals surface area contributed by atoms with Gasteiger partial charge >= 0.3 is 0 Å². The Labute approximate surface area is 165 Å². The topological polar surface area (TPSA) is 67.4 Å². The molecule has 0 spiro atoms. The summed E-state index contributed by atoms with van der Waals surface area (Å²) >= 11 is 2.99. The summed E-state index contributed by atoms with van der Waals surface area (Å²) in [6.07, 6.45) is 1.77. The van der Waals surface area contributed by atoms with Gasteiger partial charge in [0, 0.05) is 29.7 Å². The predicted molar refractivity (Wildman–Crippen MR) is 110 cm³/mol. The molecule has 0 saturated carbocycles. The molecule has 4 heterocycles. The van der Waals surface area contributed by atoms with Gasteiger partial charge in [-0.05, 0) is 32.0 Å². The summed E-state index contributed by atoms with van der Waals surface area (Å²) in [6.45, 7) is 6.96. The zero-order chi connectivity index (χ0) is 18.8. The minimum absolute atomic E-state index is 0.134. The number of carbonyl (C=O) groups is 1. The summed E-state index contributed by atoms with van der Waals surface area (Å²) in [5.41, 5.74) is 2.80. The van der Waals surface area contributed by atoms with Gasteiger partial charge in [-0.1, -0.05) is 6.07 Å². The molecule has 8 heteroatoms. The highest BCUT2D eigenvalue weighted by Gasteiger charge is 2.23. The Morgan fingerprint density at radius 1 is 1.22 bits per heavy atom. The number of morpholine rings is 1. The van der Waals surface area contributed by atoms with E-state index in [1.165, 1.54) is 22.7 Å². The lowest BCUT2D eigenvalue weighted by molar-refractivity contribution is 0.103. The molecule has 4 rings (SSSR count).